The van der Waals surface area contributed by atoms with E-state index in [2.05, 4.69) is 25.8 Å². The first-order valence-corrected chi connectivity index (χ1v) is 5.34. The van der Waals surface area contributed by atoms with Crippen molar-refractivity contribution in [1.29, 1.82) is 0 Å². The van der Waals surface area contributed by atoms with E-state index in [1.54, 1.807) is 0 Å². The Balaban J connectivity index is 0.000000980. The first kappa shape index (κ1) is 13.1. The van der Waals surface area contributed by atoms with Gasteiger partial charge in [-0.05, 0) is 25.6 Å². The van der Waals surface area contributed by atoms with Gasteiger partial charge in [-0.2, -0.15) is 6.92 Å². The number of likely N-dealkylation sites (tertiary alicyclic amines) is 1. The average molecular weight is 271 g/mol. The zero-order valence-corrected chi connectivity index (χ0v) is 12.4. The molecule has 2 rings (SSSR count). The molecule has 2 nitrogen and oxygen atoms in total. The molecule has 0 N–H and O–H groups in total. The van der Waals surface area contributed by atoms with Crippen molar-refractivity contribution in [1.82, 2.24) is 4.90 Å². The van der Waals surface area contributed by atoms with Crippen molar-refractivity contribution in [3.63, 3.8) is 0 Å². The van der Waals surface area contributed by atoms with Crippen molar-refractivity contribution < 1.29 is 37.4 Å². The fraction of sp³-hybridized carbons (Fsp3) is 0.909. The van der Waals surface area contributed by atoms with Gasteiger partial charge in [0.15, 0.2) is 0 Å². The van der Waals surface area contributed by atoms with E-state index in [0.717, 1.165) is 13.2 Å². The third-order valence-corrected chi connectivity index (χ3v) is 3.86. The van der Waals surface area contributed by atoms with Crippen LogP contribution in [0, 0.1) is 5.92 Å². The fourth-order valence-electron chi connectivity index (χ4n) is 2.66. The van der Waals surface area contributed by atoms with Gasteiger partial charge in [0, 0.05) is 39.3 Å². The van der Waals surface area contributed by atoms with E-state index in [1.165, 1.54) is 25.2 Å². The Morgan fingerprint density at radius 3 is 2.57 bits per heavy atom. The van der Waals surface area contributed by atoms with Crippen LogP contribution >= 0.6 is 0 Å². The van der Waals surface area contributed by atoms with Crippen molar-refractivity contribution in [2.45, 2.75) is 44.8 Å². The SMILES string of the molecule is C[C-]1C(C)N(C)CC12CCCCO2.[Y]. The standard InChI is InChI=1S/C11H20NO.Y/c1-9-10(2)12(3)8-11(9)6-4-5-7-13-11;/h10H,4-8H2,1-3H3;/q-1;. The van der Waals surface area contributed by atoms with Gasteiger partial charge in [-0.3, -0.25) is 5.92 Å². The number of hydrogen-bond donors (Lipinski definition) is 0. The smallest absolute Gasteiger partial charge is 0.0438 e. The molecule has 1 radical (unpaired) electrons. The summed E-state index contributed by atoms with van der Waals surface area (Å²) in [4.78, 5) is 2.40. The fourth-order valence-corrected chi connectivity index (χ4v) is 2.66. The molecule has 2 aliphatic heterocycles. The maximum absolute atomic E-state index is 6.00. The van der Waals surface area contributed by atoms with Crippen LogP contribution in [0.2, 0.25) is 0 Å². The number of rotatable bonds is 0. The molecule has 2 unspecified atom stereocenters. The number of likely N-dealkylation sites (N-methyl/N-ethyl adjacent to an activating group) is 1. The summed E-state index contributed by atoms with van der Waals surface area (Å²) in [5.41, 5.74) is 0.117. The maximum Gasteiger partial charge on any atom is 0.0438 e. The number of ether oxygens (including phenoxy) is 1. The summed E-state index contributed by atoms with van der Waals surface area (Å²) in [5.74, 6) is 1.54. The molecule has 0 aromatic carbocycles. The van der Waals surface area contributed by atoms with Gasteiger partial charge in [0.05, 0.1) is 0 Å². The molecule has 2 heterocycles. The Bertz CT molecular complexity index is 192. The van der Waals surface area contributed by atoms with Crippen molar-refractivity contribution >= 4 is 0 Å². The Morgan fingerprint density at radius 2 is 2.14 bits per heavy atom. The average Bonchev–Trinajstić information content (AvgIpc) is 2.33. The first-order chi connectivity index (χ1) is 6.16. The third-order valence-electron chi connectivity index (χ3n) is 3.86. The predicted octanol–water partition coefficient (Wildman–Crippen LogP) is 1.85. The number of nitrogens with zero attached hydrogens (tertiary/aromatic N) is 1. The topological polar surface area (TPSA) is 12.5 Å². The van der Waals surface area contributed by atoms with Crippen LogP contribution in [0.4, 0.5) is 0 Å². The summed E-state index contributed by atoms with van der Waals surface area (Å²) in [6, 6.07) is 0.595. The van der Waals surface area contributed by atoms with E-state index in [0.29, 0.717) is 6.04 Å². The Morgan fingerprint density at radius 1 is 1.43 bits per heavy atom. The van der Waals surface area contributed by atoms with Gasteiger partial charge >= 0.3 is 0 Å². The number of hydrogen-bond acceptors (Lipinski definition) is 2. The molecule has 0 amide bonds. The second-order valence-electron chi connectivity index (χ2n) is 4.57. The van der Waals surface area contributed by atoms with Crippen LogP contribution in [0.5, 0.6) is 0 Å². The molecule has 79 valence electrons. The maximum atomic E-state index is 6.00. The molecule has 0 aromatic heterocycles. The summed E-state index contributed by atoms with van der Waals surface area (Å²) in [7, 11) is 2.20. The largest absolute Gasteiger partial charge is 0.405 e. The predicted molar refractivity (Wildman–Crippen MR) is 53.5 cm³/mol. The summed E-state index contributed by atoms with van der Waals surface area (Å²) in [6.45, 7) is 6.60. The van der Waals surface area contributed by atoms with Gasteiger partial charge < -0.3 is 9.64 Å². The molecule has 14 heavy (non-hydrogen) atoms. The Labute approximate surface area is 113 Å². The molecule has 0 aliphatic carbocycles. The van der Waals surface area contributed by atoms with E-state index < -0.39 is 0 Å². The van der Waals surface area contributed by atoms with Crippen LogP contribution in [0.15, 0.2) is 0 Å². The molecule has 0 bridgehead atoms. The molecule has 2 aliphatic rings. The van der Waals surface area contributed by atoms with Crippen LogP contribution < -0.4 is 0 Å². The van der Waals surface area contributed by atoms with E-state index >= 15 is 0 Å². The molecule has 2 fully saturated rings. The summed E-state index contributed by atoms with van der Waals surface area (Å²) in [5, 5.41) is 0. The minimum Gasteiger partial charge on any atom is -0.405 e. The Hall–Kier alpha value is 1.02. The summed E-state index contributed by atoms with van der Waals surface area (Å²) in [6.07, 6.45) is 3.80. The van der Waals surface area contributed by atoms with Gasteiger partial charge in [0.25, 0.3) is 0 Å². The van der Waals surface area contributed by atoms with Crippen LogP contribution in [-0.2, 0) is 37.4 Å². The summed E-state index contributed by atoms with van der Waals surface area (Å²) >= 11 is 0. The molecule has 1 spiro atoms. The molecule has 3 heteroatoms. The second-order valence-corrected chi connectivity index (χ2v) is 4.57. The molecular weight excluding hydrogens is 251 g/mol. The van der Waals surface area contributed by atoms with E-state index in [9.17, 15) is 0 Å². The van der Waals surface area contributed by atoms with Crippen molar-refractivity contribution in [3.8, 4) is 0 Å². The van der Waals surface area contributed by atoms with Gasteiger partial charge in [-0.25, -0.2) is 0 Å². The van der Waals surface area contributed by atoms with Gasteiger partial charge in [-0.1, -0.05) is 19.8 Å². The molecule has 0 aromatic rings. The molecule has 2 saturated heterocycles. The zero-order valence-electron chi connectivity index (χ0n) is 9.55. The van der Waals surface area contributed by atoms with E-state index in [4.69, 9.17) is 4.74 Å². The first-order valence-electron chi connectivity index (χ1n) is 5.34. The molecule has 2 atom stereocenters. The zero-order chi connectivity index (χ0) is 9.47. The minimum absolute atomic E-state index is 0. The van der Waals surface area contributed by atoms with Crippen molar-refractivity contribution in [2.24, 2.45) is 0 Å². The molecule has 0 saturated carbocycles. The van der Waals surface area contributed by atoms with Crippen LogP contribution in [0.1, 0.15) is 33.1 Å². The molecular formula is C11H20NOY-. The monoisotopic (exact) mass is 271 g/mol. The van der Waals surface area contributed by atoms with E-state index in [1.807, 2.05) is 0 Å². The summed E-state index contributed by atoms with van der Waals surface area (Å²) < 4.78 is 6.00. The van der Waals surface area contributed by atoms with Crippen LogP contribution in [-0.4, -0.2) is 36.7 Å². The van der Waals surface area contributed by atoms with Crippen molar-refractivity contribution in [3.05, 3.63) is 5.92 Å². The van der Waals surface area contributed by atoms with Gasteiger partial charge in [-0.15, -0.1) is 6.04 Å². The van der Waals surface area contributed by atoms with Crippen LogP contribution in [0.3, 0.4) is 0 Å². The van der Waals surface area contributed by atoms with Crippen molar-refractivity contribution in [2.75, 3.05) is 20.2 Å². The normalized spacial score (nSPS) is 40.1. The van der Waals surface area contributed by atoms with Gasteiger partial charge in [0.2, 0.25) is 0 Å². The minimum atomic E-state index is 0. The van der Waals surface area contributed by atoms with Crippen LogP contribution in [0.25, 0.3) is 0 Å². The van der Waals surface area contributed by atoms with E-state index in [-0.39, 0.29) is 38.3 Å². The second kappa shape index (κ2) is 4.90. The van der Waals surface area contributed by atoms with Gasteiger partial charge in [0.1, 0.15) is 0 Å². The quantitative estimate of drug-likeness (QED) is 0.623. The Kier molecular flexibility index (Phi) is 4.59. The third kappa shape index (κ3) is 2.09.